The Balaban J connectivity index is 4.60. The molecule has 0 aromatic heterocycles. The van der Waals surface area contributed by atoms with Crippen LogP contribution in [0.5, 0.6) is 0 Å². The molecular weight excluding hydrogens is 170 g/mol. The van der Waals surface area contributed by atoms with Gasteiger partial charge in [0.05, 0.1) is 5.41 Å². The van der Waals surface area contributed by atoms with Crippen molar-refractivity contribution in [2.75, 3.05) is 0 Å². The molecule has 4 nitrogen and oxygen atoms in total. The van der Waals surface area contributed by atoms with E-state index in [1.165, 1.54) is 0 Å². The van der Waals surface area contributed by atoms with Gasteiger partial charge in [-0.15, -0.1) is 0 Å². The van der Waals surface area contributed by atoms with E-state index in [1.54, 1.807) is 13.8 Å². The first-order valence-corrected chi connectivity index (χ1v) is 4.23. The maximum atomic E-state index is 10.7. The topological polar surface area (TPSA) is 69.4 Å². The fourth-order valence-corrected chi connectivity index (χ4v) is 1.34. The highest BCUT2D eigenvalue weighted by Gasteiger charge is 2.34. The minimum Gasteiger partial charge on any atom is -0.445 e. The Labute approximate surface area is 78.4 Å². The fraction of sp³-hybridized carbons (Fsp3) is 0.778. The molecule has 13 heavy (non-hydrogen) atoms. The molecule has 1 unspecified atom stereocenters. The van der Waals surface area contributed by atoms with Crippen LogP contribution in [-0.2, 0) is 9.53 Å². The first kappa shape index (κ1) is 11.9. The number of hydrogen-bond donors (Lipinski definition) is 1. The van der Waals surface area contributed by atoms with E-state index in [-0.39, 0.29) is 5.92 Å². The second-order valence-corrected chi connectivity index (χ2v) is 4.04. The lowest BCUT2D eigenvalue weighted by Crippen LogP contribution is -2.40. The summed E-state index contributed by atoms with van der Waals surface area (Å²) in [5.74, 6) is 0.0627. The van der Waals surface area contributed by atoms with Crippen LogP contribution in [0.4, 0.5) is 4.79 Å². The number of carbonyl (C=O) groups excluding carboxylic acids is 2. The summed E-state index contributed by atoms with van der Waals surface area (Å²) in [7, 11) is 0. The molecule has 0 aromatic rings. The minimum absolute atomic E-state index is 0.0627. The molecule has 1 atom stereocenters. The summed E-state index contributed by atoms with van der Waals surface area (Å²) in [6.45, 7) is 7.18. The molecule has 4 heteroatoms. The Morgan fingerprint density at radius 2 is 1.92 bits per heavy atom. The monoisotopic (exact) mass is 187 g/mol. The van der Waals surface area contributed by atoms with Gasteiger partial charge in [0.2, 0.25) is 0 Å². The van der Waals surface area contributed by atoms with Crippen molar-refractivity contribution in [2.45, 2.75) is 33.8 Å². The molecule has 2 N–H and O–H groups in total. The van der Waals surface area contributed by atoms with E-state index >= 15 is 0 Å². The molecule has 0 rings (SSSR count). The molecule has 0 heterocycles. The standard InChI is InChI=1S/C9H17NO3/c1-6(2)7(13-8(10)12)9(3,4)5-11/h5-7H,1-4H3,(H2,10,12). The number of aldehydes is 1. The quantitative estimate of drug-likeness (QED) is 0.675. The Kier molecular flexibility index (Phi) is 3.91. The number of amides is 1. The summed E-state index contributed by atoms with van der Waals surface area (Å²) >= 11 is 0. The SMILES string of the molecule is CC(C)C(OC(N)=O)C(C)(C)C=O. The second kappa shape index (κ2) is 4.25. The van der Waals surface area contributed by atoms with Crippen LogP contribution in [0.1, 0.15) is 27.7 Å². The lowest BCUT2D eigenvalue weighted by atomic mass is 9.82. The number of rotatable bonds is 4. The van der Waals surface area contributed by atoms with Gasteiger partial charge < -0.3 is 15.3 Å². The molecule has 0 bridgehead atoms. The van der Waals surface area contributed by atoms with Crippen LogP contribution in [0.25, 0.3) is 0 Å². The summed E-state index contributed by atoms with van der Waals surface area (Å²) in [5, 5.41) is 0. The predicted molar refractivity (Wildman–Crippen MR) is 49.1 cm³/mol. The lowest BCUT2D eigenvalue weighted by molar-refractivity contribution is -0.121. The van der Waals surface area contributed by atoms with E-state index in [2.05, 4.69) is 0 Å². The zero-order valence-corrected chi connectivity index (χ0v) is 8.53. The Morgan fingerprint density at radius 1 is 1.46 bits per heavy atom. The van der Waals surface area contributed by atoms with Crippen molar-refractivity contribution in [3.05, 3.63) is 0 Å². The van der Waals surface area contributed by atoms with E-state index in [9.17, 15) is 9.59 Å². The molecule has 76 valence electrons. The van der Waals surface area contributed by atoms with E-state index < -0.39 is 17.6 Å². The molecule has 0 aromatic carbocycles. The molecule has 0 spiro atoms. The van der Waals surface area contributed by atoms with Gasteiger partial charge in [-0.05, 0) is 19.8 Å². The molecule has 1 amide bonds. The zero-order valence-electron chi connectivity index (χ0n) is 8.53. The maximum Gasteiger partial charge on any atom is 0.404 e. The maximum absolute atomic E-state index is 10.7. The van der Waals surface area contributed by atoms with E-state index in [0.717, 1.165) is 6.29 Å². The lowest BCUT2D eigenvalue weighted by Gasteiger charge is -2.31. The zero-order chi connectivity index (χ0) is 10.6. The molecule has 0 aliphatic heterocycles. The molecule has 0 radical (unpaired) electrons. The summed E-state index contributed by atoms with van der Waals surface area (Å²) in [4.78, 5) is 21.3. The smallest absolute Gasteiger partial charge is 0.404 e. The summed E-state index contributed by atoms with van der Waals surface area (Å²) in [6.07, 6.45) is -0.531. The van der Waals surface area contributed by atoms with Crippen molar-refractivity contribution in [3.8, 4) is 0 Å². The average Bonchev–Trinajstić information content (AvgIpc) is 1.99. The van der Waals surface area contributed by atoms with Gasteiger partial charge in [0.15, 0.2) is 0 Å². The van der Waals surface area contributed by atoms with Crippen molar-refractivity contribution in [3.63, 3.8) is 0 Å². The van der Waals surface area contributed by atoms with Crippen LogP contribution in [0, 0.1) is 11.3 Å². The van der Waals surface area contributed by atoms with Crippen molar-refractivity contribution < 1.29 is 14.3 Å². The van der Waals surface area contributed by atoms with Crippen molar-refractivity contribution in [1.82, 2.24) is 0 Å². The Hall–Kier alpha value is -1.06. The Bertz CT molecular complexity index is 199. The molecule has 0 aliphatic rings. The second-order valence-electron chi connectivity index (χ2n) is 4.04. The van der Waals surface area contributed by atoms with E-state index in [0.29, 0.717) is 0 Å². The third-order valence-electron chi connectivity index (χ3n) is 1.89. The molecule has 0 saturated heterocycles. The third kappa shape index (κ3) is 3.44. The predicted octanol–water partition coefficient (Wildman–Crippen LogP) is 1.33. The number of primary amides is 1. The van der Waals surface area contributed by atoms with E-state index in [4.69, 9.17) is 10.5 Å². The molecular formula is C9H17NO3. The van der Waals surface area contributed by atoms with Gasteiger partial charge in [-0.3, -0.25) is 0 Å². The van der Waals surface area contributed by atoms with Gasteiger partial charge in [-0.2, -0.15) is 0 Å². The molecule has 0 saturated carbocycles. The number of ether oxygens (including phenoxy) is 1. The van der Waals surface area contributed by atoms with Crippen LogP contribution in [-0.4, -0.2) is 18.5 Å². The van der Waals surface area contributed by atoms with Crippen LogP contribution < -0.4 is 5.73 Å². The number of hydrogen-bond acceptors (Lipinski definition) is 3. The van der Waals surface area contributed by atoms with Crippen LogP contribution in [0.2, 0.25) is 0 Å². The van der Waals surface area contributed by atoms with Gasteiger partial charge >= 0.3 is 6.09 Å². The third-order valence-corrected chi connectivity index (χ3v) is 1.89. The van der Waals surface area contributed by atoms with E-state index in [1.807, 2.05) is 13.8 Å². The number of nitrogens with two attached hydrogens (primary N) is 1. The Morgan fingerprint density at radius 3 is 2.15 bits per heavy atom. The van der Waals surface area contributed by atoms with Gasteiger partial charge in [0.25, 0.3) is 0 Å². The highest BCUT2D eigenvalue weighted by Crippen LogP contribution is 2.26. The first-order chi connectivity index (χ1) is 5.81. The van der Waals surface area contributed by atoms with Crippen LogP contribution >= 0.6 is 0 Å². The number of carbonyl (C=O) groups is 2. The molecule has 0 aliphatic carbocycles. The summed E-state index contributed by atoms with van der Waals surface area (Å²) < 4.78 is 4.88. The summed E-state index contributed by atoms with van der Waals surface area (Å²) in [6, 6.07) is 0. The van der Waals surface area contributed by atoms with Gasteiger partial charge in [0.1, 0.15) is 12.4 Å². The molecule has 0 fully saturated rings. The largest absolute Gasteiger partial charge is 0.445 e. The fourth-order valence-electron chi connectivity index (χ4n) is 1.34. The van der Waals surface area contributed by atoms with Gasteiger partial charge in [0, 0.05) is 0 Å². The summed E-state index contributed by atoms with van der Waals surface area (Å²) in [5.41, 5.74) is 4.21. The first-order valence-electron chi connectivity index (χ1n) is 4.23. The normalized spacial score (nSPS) is 13.9. The van der Waals surface area contributed by atoms with Gasteiger partial charge in [-0.1, -0.05) is 13.8 Å². The van der Waals surface area contributed by atoms with Crippen molar-refractivity contribution in [1.29, 1.82) is 0 Å². The van der Waals surface area contributed by atoms with Crippen LogP contribution in [0.15, 0.2) is 0 Å². The average molecular weight is 187 g/mol. The minimum atomic E-state index is -0.839. The van der Waals surface area contributed by atoms with Gasteiger partial charge in [-0.25, -0.2) is 4.79 Å². The van der Waals surface area contributed by atoms with Crippen LogP contribution in [0.3, 0.4) is 0 Å². The van der Waals surface area contributed by atoms with Crippen molar-refractivity contribution >= 4 is 12.4 Å². The highest BCUT2D eigenvalue weighted by molar-refractivity contribution is 5.66. The highest BCUT2D eigenvalue weighted by atomic mass is 16.6. The van der Waals surface area contributed by atoms with Crippen molar-refractivity contribution in [2.24, 2.45) is 17.1 Å².